The number of nitrogens with zero attached hydrogens (tertiary/aromatic N) is 1. The van der Waals surface area contributed by atoms with Gasteiger partial charge in [-0.3, -0.25) is 4.90 Å². The van der Waals surface area contributed by atoms with E-state index in [1.54, 1.807) is 0 Å². The molecule has 2 rings (SSSR count). The van der Waals surface area contributed by atoms with Crippen molar-refractivity contribution >= 4 is 0 Å². The van der Waals surface area contributed by atoms with Crippen molar-refractivity contribution in [3.05, 3.63) is 29.8 Å². The lowest BCUT2D eigenvalue weighted by molar-refractivity contribution is 0.0727. The molecule has 0 spiro atoms. The predicted molar refractivity (Wildman–Crippen MR) is 79.7 cm³/mol. The minimum atomic E-state index is 0.343. The van der Waals surface area contributed by atoms with Crippen LogP contribution in [-0.4, -0.2) is 37.7 Å². The number of fused-ring (bicyclic) bond motifs is 1. The van der Waals surface area contributed by atoms with Crippen molar-refractivity contribution < 1.29 is 4.74 Å². The summed E-state index contributed by atoms with van der Waals surface area (Å²) in [4.78, 5) is 2.48. The summed E-state index contributed by atoms with van der Waals surface area (Å²) in [6.45, 7) is 5.28. The molecule has 0 aliphatic carbocycles. The van der Waals surface area contributed by atoms with Crippen LogP contribution >= 0.6 is 0 Å². The van der Waals surface area contributed by atoms with Gasteiger partial charge < -0.3 is 10.1 Å². The van der Waals surface area contributed by atoms with E-state index in [9.17, 15) is 0 Å². The Morgan fingerprint density at radius 2 is 2.00 bits per heavy atom. The highest BCUT2D eigenvalue weighted by atomic mass is 16.5. The lowest BCUT2D eigenvalue weighted by atomic mass is 9.94. The summed E-state index contributed by atoms with van der Waals surface area (Å²) in [6, 6.07) is 9.72. The number of ether oxygens (including phenoxy) is 1. The molecule has 0 saturated heterocycles. The maximum Gasteiger partial charge on any atom is 0.124 e. The molecule has 0 bridgehead atoms. The molecular weight excluding hydrogens is 236 g/mol. The van der Waals surface area contributed by atoms with Crippen LogP contribution in [0.3, 0.4) is 0 Å². The molecule has 2 atom stereocenters. The molecule has 0 amide bonds. The summed E-state index contributed by atoms with van der Waals surface area (Å²) in [5, 5.41) is 3.47. The molecule has 1 aliphatic rings. The van der Waals surface area contributed by atoms with Crippen molar-refractivity contribution in [3.8, 4) is 5.75 Å². The average molecular weight is 262 g/mol. The van der Waals surface area contributed by atoms with Gasteiger partial charge in [0.05, 0.1) is 12.1 Å². The van der Waals surface area contributed by atoms with Crippen molar-refractivity contribution in [3.63, 3.8) is 0 Å². The van der Waals surface area contributed by atoms with E-state index < -0.39 is 0 Å². The Hall–Kier alpha value is -1.06. The maximum absolute atomic E-state index is 5.95. The summed E-state index contributed by atoms with van der Waals surface area (Å²) in [5.74, 6) is 1.02. The smallest absolute Gasteiger partial charge is 0.124 e. The van der Waals surface area contributed by atoms with Crippen molar-refractivity contribution in [2.75, 3.05) is 20.7 Å². The van der Waals surface area contributed by atoms with Crippen LogP contribution in [0.2, 0.25) is 0 Å². The Kier molecular flexibility index (Phi) is 4.83. The topological polar surface area (TPSA) is 24.5 Å². The van der Waals surface area contributed by atoms with E-state index >= 15 is 0 Å². The number of para-hydroxylation sites is 1. The van der Waals surface area contributed by atoms with Crippen LogP contribution in [-0.2, 0) is 0 Å². The fourth-order valence-corrected chi connectivity index (χ4v) is 3.18. The highest BCUT2D eigenvalue weighted by Crippen LogP contribution is 2.34. The number of likely N-dealkylation sites (N-methyl/N-ethyl adjacent to an activating group) is 2. The first-order valence-corrected chi connectivity index (χ1v) is 7.33. The van der Waals surface area contributed by atoms with Gasteiger partial charge in [-0.2, -0.15) is 0 Å². The van der Waals surface area contributed by atoms with Gasteiger partial charge in [0.2, 0.25) is 0 Å². The molecule has 1 heterocycles. The molecule has 1 N–H and O–H groups in total. The molecule has 0 aromatic heterocycles. The van der Waals surface area contributed by atoms with Crippen molar-refractivity contribution in [2.45, 2.75) is 44.8 Å². The molecule has 0 fully saturated rings. The third-order valence-electron chi connectivity index (χ3n) is 4.40. The highest BCUT2D eigenvalue weighted by molar-refractivity contribution is 5.38. The van der Waals surface area contributed by atoms with Crippen LogP contribution in [0.1, 0.15) is 38.3 Å². The van der Waals surface area contributed by atoms with Crippen molar-refractivity contribution in [1.29, 1.82) is 0 Å². The van der Waals surface area contributed by atoms with E-state index in [1.165, 1.54) is 18.4 Å². The summed E-state index contributed by atoms with van der Waals surface area (Å²) in [7, 11) is 4.27. The van der Waals surface area contributed by atoms with E-state index in [2.05, 4.69) is 49.3 Å². The largest absolute Gasteiger partial charge is 0.492 e. The monoisotopic (exact) mass is 262 g/mol. The molecule has 0 saturated carbocycles. The first-order chi connectivity index (χ1) is 9.22. The number of nitrogens with one attached hydrogen (secondary N) is 1. The van der Waals surface area contributed by atoms with E-state index in [-0.39, 0.29) is 0 Å². The molecule has 0 radical (unpaired) electrons. The Morgan fingerprint density at radius 3 is 2.63 bits per heavy atom. The molecule has 1 aliphatic heterocycles. The van der Waals surface area contributed by atoms with Gasteiger partial charge >= 0.3 is 0 Å². The van der Waals surface area contributed by atoms with Gasteiger partial charge in [0.15, 0.2) is 0 Å². The SMILES string of the molecule is CCC(CC)N(C)C1COc2ccccc2C1NC. The Morgan fingerprint density at radius 1 is 1.32 bits per heavy atom. The molecular formula is C16H26N2O. The zero-order valence-corrected chi connectivity index (χ0v) is 12.5. The lowest BCUT2D eigenvalue weighted by Crippen LogP contribution is -2.51. The van der Waals surface area contributed by atoms with E-state index in [1.807, 2.05) is 13.1 Å². The summed E-state index contributed by atoms with van der Waals surface area (Å²) in [5.41, 5.74) is 1.28. The maximum atomic E-state index is 5.95. The van der Waals surface area contributed by atoms with Crippen LogP contribution in [0, 0.1) is 0 Å². The third-order valence-corrected chi connectivity index (χ3v) is 4.40. The zero-order valence-electron chi connectivity index (χ0n) is 12.5. The van der Waals surface area contributed by atoms with E-state index in [4.69, 9.17) is 4.74 Å². The number of hydrogen-bond acceptors (Lipinski definition) is 3. The fraction of sp³-hybridized carbons (Fsp3) is 0.625. The second-order valence-electron chi connectivity index (χ2n) is 5.32. The van der Waals surface area contributed by atoms with Crippen LogP contribution in [0.4, 0.5) is 0 Å². The Labute approximate surface area is 116 Å². The normalized spacial score (nSPS) is 22.4. The Balaban J connectivity index is 2.24. The third kappa shape index (κ3) is 2.77. The quantitative estimate of drug-likeness (QED) is 0.883. The first kappa shape index (κ1) is 14.4. The minimum absolute atomic E-state index is 0.343. The molecule has 1 aromatic carbocycles. The van der Waals surface area contributed by atoms with Crippen LogP contribution in [0.5, 0.6) is 5.75 Å². The van der Waals surface area contributed by atoms with Gasteiger partial charge in [-0.15, -0.1) is 0 Å². The van der Waals surface area contributed by atoms with E-state index in [0.29, 0.717) is 18.1 Å². The number of benzene rings is 1. The van der Waals surface area contributed by atoms with Crippen LogP contribution in [0.15, 0.2) is 24.3 Å². The Bertz CT molecular complexity index is 403. The van der Waals surface area contributed by atoms with Gasteiger partial charge in [-0.25, -0.2) is 0 Å². The van der Waals surface area contributed by atoms with Gasteiger partial charge in [0, 0.05) is 11.6 Å². The van der Waals surface area contributed by atoms with Crippen LogP contribution < -0.4 is 10.1 Å². The second kappa shape index (κ2) is 6.40. The standard InChI is InChI=1S/C16H26N2O/c1-5-12(6-2)18(4)14-11-19-15-10-8-7-9-13(15)16(14)17-3/h7-10,12,14,16-17H,5-6,11H2,1-4H3. The van der Waals surface area contributed by atoms with Crippen molar-refractivity contribution in [1.82, 2.24) is 10.2 Å². The lowest BCUT2D eigenvalue weighted by Gasteiger charge is -2.42. The predicted octanol–water partition coefficient (Wildman–Crippen LogP) is 2.83. The summed E-state index contributed by atoms with van der Waals surface area (Å²) >= 11 is 0. The molecule has 19 heavy (non-hydrogen) atoms. The summed E-state index contributed by atoms with van der Waals surface area (Å²) in [6.07, 6.45) is 2.36. The minimum Gasteiger partial charge on any atom is -0.492 e. The molecule has 3 nitrogen and oxygen atoms in total. The molecule has 2 unspecified atom stereocenters. The number of hydrogen-bond donors (Lipinski definition) is 1. The summed E-state index contributed by atoms with van der Waals surface area (Å²) < 4.78 is 5.95. The average Bonchev–Trinajstić information content (AvgIpc) is 2.47. The van der Waals surface area contributed by atoms with Gasteiger partial charge in [0.25, 0.3) is 0 Å². The zero-order chi connectivity index (χ0) is 13.8. The highest BCUT2D eigenvalue weighted by Gasteiger charge is 2.34. The van der Waals surface area contributed by atoms with Crippen molar-refractivity contribution in [2.24, 2.45) is 0 Å². The van der Waals surface area contributed by atoms with Gasteiger partial charge in [0.1, 0.15) is 12.4 Å². The fourth-order valence-electron chi connectivity index (χ4n) is 3.18. The van der Waals surface area contributed by atoms with E-state index in [0.717, 1.165) is 12.4 Å². The first-order valence-electron chi connectivity index (χ1n) is 7.33. The van der Waals surface area contributed by atoms with Gasteiger partial charge in [-0.1, -0.05) is 32.0 Å². The molecule has 1 aromatic rings. The molecule has 3 heteroatoms. The second-order valence-corrected chi connectivity index (χ2v) is 5.32. The number of rotatable bonds is 5. The van der Waals surface area contributed by atoms with Gasteiger partial charge in [-0.05, 0) is 33.0 Å². The van der Waals surface area contributed by atoms with Crippen LogP contribution in [0.25, 0.3) is 0 Å². The molecule has 106 valence electrons.